The Bertz CT molecular complexity index is 1030. The van der Waals surface area contributed by atoms with E-state index in [0.717, 1.165) is 30.8 Å². The normalized spacial score (nSPS) is 11.8. The van der Waals surface area contributed by atoms with Crippen LogP contribution in [0.3, 0.4) is 0 Å². The Morgan fingerprint density at radius 2 is 2.04 bits per heavy atom. The van der Waals surface area contributed by atoms with Crippen molar-refractivity contribution in [2.24, 2.45) is 0 Å². The van der Waals surface area contributed by atoms with E-state index in [1.54, 1.807) is 0 Å². The molecule has 3 rings (SSSR count). The van der Waals surface area contributed by atoms with Crippen LogP contribution in [0.1, 0.15) is 34.8 Å². The van der Waals surface area contributed by atoms with E-state index in [2.05, 4.69) is 14.7 Å². The fourth-order valence-electron chi connectivity index (χ4n) is 2.55. The summed E-state index contributed by atoms with van der Waals surface area (Å²) in [5, 5.41) is -0.169. The minimum Gasteiger partial charge on any atom is -0.345 e. The van der Waals surface area contributed by atoms with E-state index in [4.69, 9.17) is 0 Å². The molecule has 0 saturated carbocycles. The van der Waals surface area contributed by atoms with E-state index < -0.39 is 34.7 Å². The number of halogens is 5. The van der Waals surface area contributed by atoms with Gasteiger partial charge in [-0.2, -0.15) is 13.2 Å². The highest BCUT2D eigenvalue weighted by molar-refractivity contribution is 8.00. The van der Waals surface area contributed by atoms with Gasteiger partial charge in [0.1, 0.15) is 11.5 Å². The average Bonchev–Trinajstić information content (AvgIpc) is 3.06. The molecule has 1 aromatic carbocycles. The molecule has 0 aliphatic rings. The number of carbonyl (C=O) groups excluding carboxylic acids is 1. The Balaban J connectivity index is 2.06. The molecule has 0 bridgehead atoms. The van der Waals surface area contributed by atoms with E-state index in [1.165, 1.54) is 11.9 Å². The molecule has 4 nitrogen and oxygen atoms in total. The number of aromatic nitrogens is 2. The lowest BCUT2D eigenvalue weighted by Crippen LogP contribution is -2.10. The minimum atomic E-state index is -4.67. The Kier molecular flexibility index (Phi) is 5.59. The number of fused-ring (bicyclic) bond motifs is 1. The molecular formula is C18H14F5N3OS. The highest BCUT2D eigenvalue weighted by Crippen LogP contribution is 2.33. The van der Waals surface area contributed by atoms with Crippen LogP contribution in [0.15, 0.2) is 30.6 Å². The molecule has 148 valence electrons. The highest BCUT2D eigenvalue weighted by Gasteiger charge is 2.32. The monoisotopic (exact) mass is 415 g/mol. The number of hydrogen-bond acceptors (Lipinski definition) is 4. The topological polar surface area (TPSA) is 57.8 Å². The fourth-order valence-corrected chi connectivity index (χ4v) is 3.17. The number of benzene rings is 1. The zero-order valence-electron chi connectivity index (χ0n) is 14.5. The van der Waals surface area contributed by atoms with Crippen molar-refractivity contribution in [3.05, 3.63) is 58.9 Å². The van der Waals surface area contributed by atoms with Crippen LogP contribution in [0.2, 0.25) is 0 Å². The van der Waals surface area contributed by atoms with Gasteiger partial charge in [-0.1, -0.05) is 18.9 Å². The van der Waals surface area contributed by atoms with Crippen LogP contribution in [-0.4, -0.2) is 21.5 Å². The first-order valence-electron chi connectivity index (χ1n) is 8.18. The van der Waals surface area contributed by atoms with Gasteiger partial charge in [-0.05, 0) is 24.6 Å². The molecule has 2 heterocycles. The minimum absolute atomic E-state index is 0.00458. The van der Waals surface area contributed by atoms with Crippen LogP contribution >= 0.6 is 11.9 Å². The van der Waals surface area contributed by atoms with Gasteiger partial charge in [0.25, 0.3) is 0 Å². The lowest BCUT2D eigenvalue weighted by atomic mass is 10.0. The van der Waals surface area contributed by atoms with Crippen molar-refractivity contribution >= 4 is 34.5 Å². The first-order chi connectivity index (χ1) is 13.2. The standard InChI is InChI=1S/C18H14F5N3OS/c1-2-5-28-26-13-4-3-12(19)14(15(13)20)16(27)11-8-25-17-10(11)6-9(7-24-17)18(21,22)23/h3-4,6-8,26H,2,5H2,1H3,(H,24,25). The SMILES string of the molecule is CCCSNc1ccc(F)c(C(=O)c2c[nH]c3ncc(C(F)(F)F)cc23)c1F. The molecule has 0 atom stereocenters. The van der Waals surface area contributed by atoms with Crippen LogP contribution in [0, 0.1) is 11.6 Å². The van der Waals surface area contributed by atoms with Crippen molar-refractivity contribution in [2.45, 2.75) is 19.5 Å². The third-order valence-electron chi connectivity index (χ3n) is 3.91. The number of ketones is 1. The molecule has 10 heteroatoms. The molecule has 0 aliphatic carbocycles. The fraction of sp³-hybridized carbons (Fsp3) is 0.222. The predicted molar refractivity (Wildman–Crippen MR) is 97.3 cm³/mol. The predicted octanol–water partition coefficient (Wildman–Crippen LogP) is 5.56. The zero-order valence-corrected chi connectivity index (χ0v) is 15.3. The van der Waals surface area contributed by atoms with Gasteiger partial charge in [0.05, 0.1) is 16.8 Å². The summed E-state index contributed by atoms with van der Waals surface area (Å²) in [5.41, 5.74) is -2.30. The maximum atomic E-state index is 14.7. The van der Waals surface area contributed by atoms with Gasteiger partial charge >= 0.3 is 6.18 Å². The molecule has 0 aliphatic heterocycles. The van der Waals surface area contributed by atoms with Crippen LogP contribution in [0.25, 0.3) is 11.0 Å². The number of carbonyl (C=O) groups is 1. The molecule has 0 radical (unpaired) electrons. The summed E-state index contributed by atoms with van der Waals surface area (Å²) in [5.74, 6) is -2.63. The summed E-state index contributed by atoms with van der Waals surface area (Å²) >= 11 is 1.19. The summed E-state index contributed by atoms with van der Waals surface area (Å²) < 4.78 is 70.5. The first-order valence-corrected chi connectivity index (χ1v) is 9.17. The van der Waals surface area contributed by atoms with Gasteiger partial charge in [0.2, 0.25) is 5.78 Å². The lowest BCUT2D eigenvalue weighted by molar-refractivity contribution is -0.137. The second-order valence-corrected chi connectivity index (χ2v) is 6.78. The number of pyridine rings is 1. The first kappa shape index (κ1) is 20.1. The Hall–Kier alpha value is -2.62. The number of rotatable bonds is 6. The average molecular weight is 415 g/mol. The number of H-pyrrole nitrogens is 1. The number of hydrogen-bond donors (Lipinski definition) is 2. The number of aromatic amines is 1. The molecule has 0 amide bonds. The summed E-state index contributed by atoms with van der Waals surface area (Å²) in [6.45, 7) is 1.92. The number of nitrogens with one attached hydrogen (secondary N) is 2. The molecule has 2 N–H and O–H groups in total. The van der Waals surface area contributed by atoms with E-state index in [9.17, 15) is 26.7 Å². The van der Waals surface area contributed by atoms with Gasteiger partial charge in [0.15, 0.2) is 5.82 Å². The van der Waals surface area contributed by atoms with Crippen molar-refractivity contribution in [3.63, 3.8) is 0 Å². The third-order valence-corrected chi connectivity index (χ3v) is 4.89. The van der Waals surface area contributed by atoms with Gasteiger partial charge in [-0.3, -0.25) is 4.79 Å². The van der Waals surface area contributed by atoms with Gasteiger partial charge in [-0.15, -0.1) is 0 Å². The summed E-state index contributed by atoms with van der Waals surface area (Å²) in [7, 11) is 0. The van der Waals surface area contributed by atoms with Gasteiger partial charge in [-0.25, -0.2) is 13.8 Å². The van der Waals surface area contributed by atoms with Gasteiger partial charge in [0, 0.05) is 29.1 Å². The third kappa shape index (κ3) is 3.82. The molecule has 28 heavy (non-hydrogen) atoms. The largest absolute Gasteiger partial charge is 0.417 e. The van der Waals surface area contributed by atoms with E-state index >= 15 is 0 Å². The second kappa shape index (κ2) is 7.78. The smallest absolute Gasteiger partial charge is 0.345 e. The van der Waals surface area contributed by atoms with Crippen molar-refractivity contribution < 1.29 is 26.7 Å². The van der Waals surface area contributed by atoms with E-state index in [1.807, 2.05) is 6.92 Å². The maximum absolute atomic E-state index is 14.7. The summed E-state index contributed by atoms with van der Waals surface area (Å²) in [6, 6.07) is 2.81. The highest BCUT2D eigenvalue weighted by atomic mass is 32.2. The van der Waals surface area contributed by atoms with E-state index in [0.29, 0.717) is 11.9 Å². The maximum Gasteiger partial charge on any atom is 0.417 e. The van der Waals surface area contributed by atoms with Gasteiger partial charge < -0.3 is 9.71 Å². The molecular weight excluding hydrogens is 401 g/mol. The number of alkyl halides is 3. The van der Waals surface area contributed by atoms with E-state index in [-0.39, 0.29) is 22.3 Å². The van der Waals surface area contributed by atoms with Crippen molar-refractivity contribution in [3.8, 4) is 0 Å². The molecule has 2 aromatic heterocycles. The number of anilines is 1. The molecule has 0 fully saturated rings. The zero-order chi connectivity index (χ0) is 20.5. The molecule has 0 saturated heterocycles. The molecule has 0 unspecified atom stereocenters. The van der Waals surface area contributed by atoms with Crippen LogP contribution < -0.4 is 4.72 Å². The summed E-state index contributed by atoms with van der Waals surface area (Å²) in [4.78, 5) is 18.9. The molecule has 0 spiro atoms. The Labute approximate surface area is 160 Å². The Morgan fingerprint density at radius 1 is 1.29 bits per heavy atom. The molecule has 3 aromatic rings. The van der Waals surface area contributed by atoms with Crippen molar-refractivity contribution in [1.82, 2.24) is 9.97 Å². The second-order valence-electron chi connectivity index (χ2n) is 5.88. The summed E-state index contributed by atoms with van der Waals surface area (Å²) in [6.07, 6.45) is -2.15. The Morgan fingerprint density at radius 3 is 2.71 bits per heavy atom. The van der Waals surface area contributed by atoms with Crippen molar-refractivity contribution in [2.75, 3.05) is 10.5 Å². The lowest BCUT2D eigenvalue weighted by Gasteiger charge is -2.10. The van der Waals surface area contributed by atoms with Crippen LogP contribution in [0.4, 0.5) is 27.6 Å². The van der Waals surface area contributed by atoms with Crippen LogP contribution in [0.5, 0.6) is 0 Å². The quantitative estimate of drug-likeness (QED) is 0.240. The van der Waals surface area contributed by atoms with Crippen LogP contribution in [-0.2, 0) is 6.18 Å². The van der Waals surface area contributed by atoms with Crippen molar-refractivity contribution in [1.29, 1.82) is 0 Å². The number of nitrogens with zero attached hydrogens (tertiary/aromatic N) is 1.